The van der Waals surface area contributed by atoms with E-state index in [4.69, 9.17) is 14.2 Å². The lowest BCUT2D eigenvalue weighted by molar-refractivity contribution is 0.174. The van der Waals surface area contributed by atoms with E-state index in [-0.39, 0.29) is 0 Å². The summed E-state index contributed by atoms with van der Waals surface area (Å²) in [5.74, 6) is 2.47. The zero-order valence-corrected chi connectivity index (χ0v) is 14.5. The van der Waals surface area contributed by atoms with Crippen molar-refractivity contribution in [3.63, 3.8) is 0 Å². The maximum Gasteiger partial charge on any atom is 0.240 e. The highest BCUT2D eigenvalue weighted by molar-refractivity contribution is 5.22. The Kier molecular flexibility index (Phi) is 4.37. The summed E-state index contributed by atoms with van der Waals surface area (Å²) in [4.78, 5) is 11.8. The van der Waals surface area contributed by atoms with Crippen LogP contribution in [0.2, 0.25) is 0 Å². The molecule has 1 saturated heterocycles. The number of likely N-dealkylation sites (tertiary alicyclic amines) is 1. The molecule has 3 heterocycles. The van der Waals surface area contributed by atoms with Crippen molar-refractivity contribution in [1.29, 1.82) is 0 Å². The van der Waals surface area contributed by atoms with E-state index in [1.165, 1.54) is 36.5 Å². The van der Waals surface area contributed by atoms with E-state index in [0.29, 0.717) is 30.9 Å². The van der Waals surface area contributed by atoms with Gasteiger partial charge in [-0.3, -0.25) is 4.90 Å². The Morgan fingerprint density at radius 3 is 2.92 bits per heavy atom. The van der Waals surface area contributed by atoms with E-state index in [1.54, 1.807) is 7.11 Å². The molecule has 0 bridgehead atoms. The molecule has 0 aromatic carbocycles. The van der Waals surface area contributed by atoms with Crippen LogP contribution < -0.4 is 0 Å². The van der Waals surface area contributed by atoms with Gasteiger partial charge in [0.05, 0.1) is 18.3 Å². The van der Waals surface area contributed by atoms with Crippen LogP contribution in [0.3, 0.4) is 0 Å². The molecule has 24 heavy (non-hydrogen) atoms. The molecular formula is C17H25N5O2. The summed E-state index contributed by atoms with van der Waals surface area (Å²) in [6.45, 7) is 2.11. The molecule has 4 rings (SSSR count). The average molecular weight is 331 g/mol. The molecule has 0 radical (unpaired) electrons. The van der Waals surface area contributed by atoms with Crippen molar-refractivity contribution in [3.05, 3.63) is 28.9 Å². The quantitative estimate of drug-likeness (QED) is 0.836. The van der Waals surface area contributed by atoms with Crippen molar-refractivity contribution in [2.75, 3.05) is 13.7 Å². The minimum Gasteiger partial charge on any atom is -0.377 e. The molecule has 0 saturated carbocycles. The van der Waals surface area contributed by atoms with Crippen molar-refractivity contribution in [2.45, 2.75) is 57.7 Å². The Bertz CT molecular complexity index is 708. The van der Waals surface area contributed by atoms with E-state index in [2.05, 4.69) is 26.7 Å². The van der Waals surface area contributed by atoms with E-state index in [1.807, 2.05) is 0 Å². The fraction of sp³-hybridized carbons (Fsp3) is 0.706. The van der Waals surface area contributed by atoms with Crippen LogP contribution >= 0.6 is 0 Å². The van der Waals surface area contributed by atoms with Crippen molar-refractivity contribution in [2.24, 2.45) is 7.05 Å². The fourth-order valence-corrected chi connectivity index (χ4v) is 4.03. The van der Waals surface area contributed by atoms with Crippen LogP contribution in [-0.2, 0) is 37.8 Å². The van der Waals surface area contributed by atoms with Crippen LogP contribution in [0.1, 0.15) is 60.7 Å². The van der Waals surface area contributed by atoms with Crippen molar-refractivity contribution in [3.8, 4) is 0 Å². The van der Waals surface area contributed by atoms with Gasteiger partial charge >= 0.3 is 0 Å². The lowest BCUT2D eigenvalue weighted by atomic mass is 10.0. The van der Waals surface area contributed by atoms with Crippen LogP contribution in [0.4, 0.5) is 0 Å². The van der Waals surface area contributed by atoms with Crippen molar-refractivity contribution in [1.82, 2.24) is 24.6 Å². The Morgan fingerprint density at radius 2 is 2.08 bits per heavy atom. The van der Waals surface area contributed by atoms with E-state index in [0.717, 1.165) is 25.8 Å². The van der Waals surface area contributed by atoms with E-state index < -0.39 is 0 Å². The average Bonchev–Trinajstić information content (AvgIpc) is 3.29. The van der Waals surface area contributed by atoms with Gasteiger partial charge in [0.1, 0.15) is 12.4 Å². The first-order chi connectivity index (χ1) is 11.8. The van der Waals surface area contributed by atoms with E-state index >= 15 is 0 Å². The second-order valence-electron chi connectivity index (χ2n) is 6.80. The van der Waals surface area contributed by atoms with Crippen LogP contribution in [0, 0.1) is 0 Å². The van der Waals surface area contributed by atoms with Gasteiger partial charge in [0.25, 0.3) is 0 Å². The summed E-state index contributed by atoms with van der Waals surface area (Å²) in [6, 6.07) is 0.346. The number of aromatic nitrogens is 4. The number of hydrogen-bond donors (Lipinski definition) is 0. The summed E-state index contributed by atoms with van der Waals surface area (Å²) in [5, 5.41) is 3.96. The number of aryl methyl sites for hydroxylation is 1. The smallest absolute Gasteiger partial charge is 0.240 e. The predicted molar refractivity (Wildman–Crippen MR) is 87.2 cm³/mol. The highest BCUT2D eigenvalue weighted by Crippen LogP contribution is 2.34. The third-order valence-corrected chi connectivity index (χ3v) is 5.19. The van der Waals surface area contributed by atoms with Gasteiger partial charge in [0.15, 0.2) is 5.82 Å². The van der Waals surface area contributed by atoms with Gasteiger partial charge in [0, 0.05) is 19.9 Å². The second-order valence-corrected chi connectivity index (χ2v) is 6.80. The molecule has 7 nitrogen and oxygen atoms in total. The molecule has 2 aromatic heterocycles. The number of imidazole rings is 1. The van der Waals surface area contributed by atoms with Crippen LogP contribution in [0.5, 0.6) is 0 Å². The van der Waals surface area contributed by atoms with Gasteiger partial charge in [-0.2, -0.15) is 4.98 Å². The molecule has 1 aliphatic heterocycles. The van der Waals surface area contributed by atoms with E-state index in [9.17, 15) is 0 Å². The molecule has 1 unspecified atom stereocenters. The summed E-state index contributed by atoms with van der Waals surface area (Å²) in [7, 11) is 3.81. The fourth-order valence-electron chi connectivity index (χ4n) is 4.03. The molecule has 0 N–H and O–H groups in total. The highest BCUT2D eigenvalue weighted by Gasteiger charge is 2.32. The summed E-state index contributed by atoms with van der Waals surface area (Å²) in [5.41, 5.74) is 2.74. The Morgan fingerprint density at radius 1 is 1.21 bits per heavy atom. The number of methoxy groups -OCH3 is 1. The second kappa shape index (κ2) is 6.64. The van der Waals surface area contributed by atoms with Gasteiger partial charge in [-0.25, -0.2) is 4.98 Å². The standard InChI is InChI=1S/C17H25N5O2/c1-21-13-7-4-3-6-12(13)18-17(21)14-8-5-9-22(14)10-16-19-15(11-23-2)20-24-16/h14H,3-11H2,1-2H3. The van der Waals surface area contributed by atoms with Crippen LogP contribution in [-0.4, -0.2) is 38.2 Å². The SMILES string of the molecule is COCc1noc(CN2CCCC2c2nc3c(n2C)CCCC3)n1. The number of rotatable bonds is 5. The van der Waals surface area contributed by atoms with Crippen LogP contribution in [0.15, 0.2) is 4.52 Å². The van der Waals surface area contributed by atoms with Crippen molar-refractivity contribution < 1.29 is 9.26 Å². The third kappa shape index (κ3) is 2.86. The van der Waals surface area contributed by atoms with Gasteiger partial charge in [-0.15, -0.1) is 0 Å². The van der Waals surface area contributed by atoms with Gasteiger partial charge in [-0.05, 0) is 45.1 Å². The summed E-state index contributed by atoms with van der Waals surface area (Å²) >= 11 is 0. The molecule has 1 fully saturated rings. The first kappa shape index (κ1) is 15.8. The first-order valence-corrected chi connectivity index (χ1v) is 8.85. The third-order valence-electron chi connectivity index (χ3n) is 5.19. The molecule has 2 aromatic rings. The molecule has 0 amide bonds. The minimum absolute atomic E-state index is 0.346. The normalized spacial score (nSPS) is 21.3. The predicted octanol–water partition coefficient (Wildman–Crippen LogP) is 2.17. The molecule has 1 atom stereocenters. The zero-order valence-electron chi connectivity index (χ0n) is 14.5. The topological polar surface area (TPSA) is 69.2 Å². The largest absolute Gasteiger partial charge is 0.377 e. The molecule has 130 valence electrons. The minimum atomic E-state index is 0.346. The lowest BCUT2D eigenvalue weighted by Crippen LogP contribution is -2.25. The zero-order chi connectivity index (χ0) is 16.5. The Labute approximate surface area is 142 Å². The monoisotopic (exact) mass is 331 g/mol. The van der Waals surface area contributed by atoms with Gasteiger partial charge in [0.2, 0.25) is 5.89 Å². The number of fused-ring (bicyclic) bond motifs is 1. The van der Waals surface area contributed by atoms with Gasteiger partial charge in [-0.1, -0.05) is 5.16 Å². The highest BCUT2D eigenvalue weighted by atomic mass is 16.5. The Balaban J connectivity index is 1.53. The summed E-state index contributed by atoms with van der Waals surface area (Å²) in [6.07, 6.45) is 7.16. The molecular weight excluding hydrogens is 306 g/mol. The lowest BCUT2D eigenvalue weighted by Gasteiger charge is -2.22. The summed E-state index contributed by atoms with van der Waals surface area (Å²) < 4.78 is 12.8. The number of nitrogens with zero attached hydrogens (tertiary/aromatic N) is 5. The van der Waals surface area contributed by atoms with Gasteiger partial charge < -0.3 is 13.8 Å². The first-order valence-electron chi connectivity index (χ1n) is 8.85. The molecule has 1 aliphatic carbocycles. The molecule has 0 spiro atoms. The number of hydrogen-bond acceptors (Lipinski definition) is 6. The maximum absolute atomic E-state index is 5.36. The van der Waals surface area contributed by atoms with Crippen LogP contribution in [0.25, 0.3) is 0 Å². The molecule has 7 heteroatoms. The van der Waals surface area contributed by atoms with Crippen molar-refractivity contribution >= 4 is 0 Å². The Hall–Kier alpha value is -1.73. The number of ether oxygens (including phenoxy) is 1. The maximum atomic E-state index is 5.36. The molecule has 2 aliphatic rings.